The van der Waals surface area contributed by atoms with Crippen molar-refractivity contribution >= 4 is 36.3 Å². The fourth-order valence-electron chi connectivity index (χ4n) is 2.15. The summed E-state index contributed by atoms with van der Waals surface area (Å²) in [4.78, 5) is 26.1. The Kier molecular flexibility index (Phi) is 13.7. The van der Waals surface area contributed by atoms with Crippen molar-refractivity contribution in [2.45, 2.75) is 24.9 Å². The summed E-state index contributed by atoms with van der Waals surface area (Å²) < 4.78 is 4.82. The quantitative estimate of drug-likeness (QED) is 0.262. The van der Waals surface area contributed by atoms with Crippen LogP contribution in [0.4, 0.5) is 0 Å². The van der Waals surface area contributed by atoms with Crippen molar-refractivity contribution in [3.63, 3.8) is 0 Å². The summed E-state index contributed by atoms with van der Waals surface area (Å²) in [5.41, 5.74) is 11.5. The molecule has 0 bridgehead atoms. The lowest BCUT2D eigenvalue weighted by atomic mass is 10.1. The fraction of sp³-hybridized carbons (Fsp3) is 0.647. The lowest BCUT2D eigenvalue weighted by molar-refractivity contribution is -0.152. The summed E-state index contributed by atoms with van der Waals surface area (Å²) in [6, 6.07) is -0.673. The summed E-state index contributed by atoms with van der Waals surface area (Å²) in [6.07, 6.45) is 10.6. The van der Waals surface area contributed by atoms with Crippen LogP contribution >= 0.6 is 24.4 Å². The van der Waals surface area contributed by atoms with E-state index in [-0.39, 0.29) is 18.5 Å². The Hall–Kier alpha value is -0.960. The maximum Gasteiger partial charge on any atom is 0.328 e. The standard InChI is InChI=1S/C17H31N3O3S2/c1-20(15(9-10-25-3)17(22)23-2)16(21)13(11-18)7-5-4-6-8-14(19)12-24/h5-8,13-15,24H,4,9-12,18-19H2,1-3H3/b7-5-,8-6+. The van der Waals surface area contributed by atoms with Crippen LogP contribution in [0, 0.1) is 5.92 Å². The van der Waals surface area contributed by atoms with Gasteiger partial charge >= 0.3 is 5.97 Å². The van der Waals surface area contributed by atoms with Crippen LogP contribution in [-0.4, -0.2) is 67.3 Å². The first-order chi connectivity index (χ1) is 11.9. The van der Waals surface area contributed by atoms with Gasteiger partial charge in [0.1, 0.15) is 6.04 Å². The Labute approximate surface area is 160 Å². The van der Waals surface area contributed by atoms with Crippen molar-refractivity contribution in [2.24, 2.45) is 17.4 Å². The molecule has 8 heteroatoms. The maximum absolute atomic E-state index is 12.6. The van der Waals surface area contributed by atoms with Crippen LogP contribution in [0.2, 0.25) is 0 Å². The summed E-state index contributed by atoms with van der Waals surface area (Å²) in [6.45, 7) is 0.177. The number of esters is 1. The second kappa shape index (κ2) is 14.2. The third kappa shape index (κ3) is 9.34. The number of nitrogens with zero attached hydrogens (tertiary/aromatic N) is 1. The zero-order valence-corrected chi connectivity index (χ0v) is 17.0. The van der Waals surface area contributed by atoms with Gasteiger partial charge in [0.25, 0.3) is 0 Å². The van der Waals surface area contributed by atoms with Gasteiger partial charge in [0, 0.05) is 25.4 Å². The van der Waals surface area contributed by atoms with Gasteiger partial charge in [-0.3, -0.25) is 4.79 Å². The third-order valence-corrected chi connectivity index (χ3v) is 4.76. The topological polar surface area (TPSA) is 98.6 Å². The molecule has 0 fully saturated rings. The number of rotatable bonds is 12. The number of carbonyl (C=O) groups is 2. The van der Waals surface area contributed by atoms with Gasteiger partial charge in [-0.05, 0) is 24.9 Å². The number of ether oxygens (including phenoxy) is 1. The number of amides is 1. The highest BCUT2D eigenvalue weighted by Gasteiger charge is 2.30. The molecule has 6 nitrogen and oxygen atoms in total. The van der Waals surface area contributed by atoms with Gasteiger partial charge in [-0.2, -0.15) is 24.4 Å². The molecule has 0 aromatic heterocycles. The predicted octanol–water partition coefficient (Wildman–Crippen LogP) is 1.07. The van der Waals surface area contributed by atoms with Crippen molar-refractivity contribution in [1.82, 2.24) is 4.90 Å². The normalized spacial score (nSPS) is 15.3. The molecule has 0 saturated carbocycles. The van der Waals surface area contributed by atoms with Gasteiger partial charge in [0.2, 0.25) is 5.91 Å². The van der Waals surface area contributed by atoms with Crippen LogP contribution in [0.5, 0.6) is 0 Å². The van der Waals surface area contributed by atoms with Crippen molar-refractivity contribution in [3.05, 3.63) is 24.3 Å². The molecule has 25 heavy (non-hydrogen) atoms. The first kappa shape index (κ1) is 24.0. The number of hydrogen-bond donors (Lipinski definition) is 3. The Bertz CT molecular complexity index is 458. The van der Waals surface area contributed by atoms with E-state index in [0.717, 1.165) is 5.75 Å². The average molecular weight is 390 g/mol. The van der Waals surface area contributed by atoms with Gasteiger partial charge in [-0.25, -0.2) is 4.79 Å². The highest BCUT2D eigenvalue weighted by atomic mass is 32.2. The lowest BCUT2D eigenvalue weighted by Gasteiger charge is -2.28. The van der Waals surface area contributed by atoms with Gasteiger partial charge < -0.3 is 21.1 Å². The molecular formula is C17H31N3O3S2. The minimum Gasteiger partial charge on any atom is -0.467 e. The minimum atomic E-state index is -0.597. The molecule has 0 aliphatic rings. The number of methoxy groups -OCH3 is 1. The smallest absolute Gasteiger partial charge is 0.328 e. The van der Waals surface area contributed by atoms with E-state index >= 15 is 0 Å². The minimum absolute atomic E-state index is 0.0768. The van der Waals surface area contributed by atoms with E-state index in [4.69, 9.17) is 16.2 Å². The fourth-order valence-corrected chi connectivity index (χ4v) is 2.73. The SMILES string of the molecule is COC(=O)C(CCSC)N(C)C(=O)C(/C=C\C/C=C/C(N)CS)CN. The second-order valence-electron chi connectivity index (χ2n) is 5.55. The average Bonchev–Trinajstić information content (AvgIpc) is 2.63. The number of nitrogens with two attached hydrogens (primary N) is 2. The molecule has 1 amide bonds. The number of thiol groups is 1. The first-order valence-electron chi connectivity index (χ1n) is 8.16. The van der Waals surface area contributed by atoms with E-state index in [2.05, 4.69) is 12.6 Å². The second-order valence-corrected chi connectivity index (χ2v) is 6.90. The van der Waals surface area contributed by atoms with E-state index in [0.29, 0.717) is 18.6 Å². The molecule has 0 radical (unpaired) electrons. The van der Waals surface area contributed by atoms with Crippen LogP contribution in [-0.2, 0) is 14.3 Å². The number of likely N-dealkylation sites (N-methyl/N-ethyl adjacent to an activating group) is 1. The molecule has 0 spiro atoms. The summed E-state index contributed by atoms with van der Waals surface area (Å²) in [7, 11) is 2.95. The highest BCUT2D eigenvalue weighted by molar-refractivity contribution is 7.98. The van der Waals surface area contributed by atoms with E-state index in [1.54, 1.807) is 24.9 Å². The monoisotopic (exact) mass is 389 g/mol. The first-order valence-corrected chi connectivity index (χ1v) is 10.2. The maximum atomic E-state index is 12.6. The highest BCUT2D eigenvalue weighted by Crippen LogP contribution is 2.13. The number of allylic oxidation sites excluding steroid dienone is 2. The van der Waals surface area contributed by atoms with Crippen LogP contribution in [0.3, 0.4) is 0 Å². The van der Waals surface area contributed by atoms with Crippen molar-refractivity contribution in [3.8, 4) is 0 Å². The van der Waals surface area contributed by atoms with Crippen molar-refractivity contribution in [1.29, 1.82) is 0 Å². The van der Waals surface area contributed by atoms with Crippen molar-refractivity contribution < 1.29 is 14.3 Å². The Balaban J connectivity index is 4.85. The lowest BCUT2D eigenvalue weighted by Crippen LogP contribution is -2.46. The molecule has 0 aliphatic carbocycles. The predicted molar refractivity (Wildman–Crippen MR) is 109 cm³/mol. The van der Waals surface area contributed by atoms with E-state index in [1.165, 1.54) is 12.0 Å². The molecule has 3 unspecified atom stereocenters. The molecule has 0 rings (SSSR count). The van der Waals surface area contributed by atoms with Crippen LogP contribution in [0.1, 0.15) is 12.8 Å². The van der Waals surface area contributed by atoms with Crippen molar-refractivity contribution in [2.75, 3.05) is 38.5 Å². The Morgan fingerprint density at radius 2 is 1.96 bits per heavy atom. The van der Waals surface area contributed by atoms with Crippen LogP contribution < -0.4 is 11.5 Å². The molecular weight excluding hydrogens is 358 g/mol. The largest absolute Gasteiger partial charge is 0.467 e. The van der Waals surface area contributed by atoms with Gasteiger partial charge in [-0.15, -0.1) is 0 Å². The van der Waals surface area contributed by atoms with E-state index in [1.807, 2.05) is 24.5 Å². The molecule has 0 aromatic carbocycles. The molecule has 0 heterocycles. The number of hydrogen-bond acceptors (Lipinski definition) is 7. The molecule has 4 N–H and O–H groups in total. The Morgan fingerprint density at radius 3 is 2.48 bits per heavy atom. The summed E-state index contributed by atoms with van der Waals surface area (Å²) >= 11 is 5.72. The van der Waals surface area contributed by atoms with E-state index in [9.17, 15) is 9.59 Å². The van der Waals surface area contributed by atoms with Gasteiger partial charge in [0.15, 0.2) is 0 Å². The Morgan fingerprint density at radius 1 is 1.32 bits per heavy atom. The number of thioether (sulfide) groups is 1. The third-order valence-electron chi connectivity index (χ3n) is 3.69. The van der Waals surface area contributed by atoms with Crippen LogP contribution in [0.15, 0.2) is 24.3 Å². The van der Waals surface area contributed by atoms with Gasteiger partial charge in [0.05, 0.1) is 13.0 Å². The molecule has 0 saturated heterocycles. The molecule has 3 atom stereocenters. The molecule has 0 aliphatic heterocycles. The van der Waals surface area contributed by atoms with E-state index < -0.39 is 17.9 Å². The number of carbonyl (C=O) groups excluding carboxylic acids is 2. The summed E-state index contributed by atoms with van der Waals surface area (Å²) in [5.74, 6) is 0.273. The molecule has 0 aromatic rings. The summed E-state index contributed by atoms with van der Waals surface area (Å²) in [5, 5.41) is 0. The molecule has 144 valence electrons. The zero-order valence-electron chi connectivity index (χ0n) is 15.3. The van der Waals surface area contributed by atoms with Crippen LogP contribution in [0.25, 0.3) is 0 Å². The van der Waals surface area contributed by atoms with Gasteiger partial charge in [-0.1, -0.05) is 24.3 Å². The zero-order chi connectivity index (χ0) is 19.2.